The molecule has 1 aliphatic rings. The van der Waals surface area contributed by atoms with Crippen LogP contribution in [0, 0.1) is 11.6 Å². The molecule has 34 heavy (non-hydrogen) atoms. The van der Waals surface area contributed by atoms with E-state index in [0.29, 0.717) is 31.7 Å². The van der Waals surface area contributed by atoms with Crippen LogP contribution in [0.2, 0.25) is 0 Å². The van der Waals surface area contributed by atoms with Gasteiger partial charge < -0.3 is 30.6 Å². The van der Waals surface area contributed by atoms with E-state index in [4.69, 9.17) is 10.9 Å². The van der Waals surface area contributed by atoms with Gasteiger partial charge in [-0.3, -0.25) is 4.79 Å². The molecule has 9 nitrogen and oxygen atoms in total. The van der Waals surface area contributed by atoms with E-state index in [-0.39, 0.29) is 40.4 Å². The summed E-state index contributed by atoms with van der Waals surface area (Å²) in [7, 11) is 3.16. The van der Waals surface area contributed by atoms with Gasteiger partial charge in [-0.15, -0.1) is 0 Å². The molecule has 0 unspecified atom stereocenters. The third kappa shape index (κ3) is 5.03. The van der Waals surface area contributed by atoms with Gasteiger partial charge in [0.1, 0.15) is 11.6 Å². The van der Waals surface area contributed by atoms with E-state index in [1.165, 1.54) is 23.2 Å². The minimum absolute atomic E-state index is 0.0440. The number of amides is 1. The van der Waals surface area contributed by atoms with Gasteiger partial charge in [0.25, 0.3) is 5.91 Å². The lowest BCUT2D eigenvalue weighted by molar-refractivity contribution is 0.0827. The maximum Gasteiger partial charge on any atom is 0.253 e. The molecule has 0 spiro atoms. The Bertz CT molecular complexity index is 1130. The molecule has 4 N–H and O–H groups in total. The smallest absolute Gasteiger partial charge is 0.253 e. The normalized spacial score (nSPS) is 15.1. The van der Waals surface area contributed by atoms with Crippen molar-refractivity contribution >= 4 is 35.3 Å². The predicted molar refractivity (Wildman–Crippen MR) is 129 cm³/mol. The molecule has 1 fully saturated rings. The second-order valence-corrected chi connectivity index (χ2v) is 8.14. The average molecular weight is 474 g/mol. The number of rotatable bonds is 6. The Morgan fingerprint density at radius 1 is 1.29 bits per heavy atom. The summed E-state index contributed by atoms with van der Waals surface area (Å²) >= 11 is 0. The number of hydrogen-bond acceptors (Lipinski definition) is 5. The fourth-order valence-corrected chi connectivity index (χ4v) is 3.96. The Morgan fingerprint density at radius 2 is 1.97 bits per heavy atom. The summed E-state index contributed by atoms with van der Waals surface area (Å²) in [6.07, 6.45) is 4.18. The molecule has 1 aliphatic heterocycles. The molecule has 2 heterocycles. The zero-order valence-corrected chi connectivity index (χ0v) is 19.4. The van der Waals surface area contributed by atoms with Crippen LogP contribution in [-0.4, -0.2) is 64.8 Å². The number of carbonyl (C=O) groups excluding carboxylic acids is 1. The molecule has 2 aromatic rings. The van der Waals surface area contributed by atoms with Crippen LogP contribution in [0.15, 0.2) is 41.1 Å². The number of aliphatic imine (C=N–C) groups is 1. The minimum Gasteiger partial charge on any atom is -0.408 e. The number of anilines is 1. The predicted octanol–water partition coefficient (Wildman–Crippen LogP) is 3.61. The van der Waals surface area contributed by atoms with Crippen molar-refractivity contribution in [3.63, 3.8) is 0 Å². The van der Waals surface area contributed by atoms with E-state index in [2.05, 4.69) is 22.0 Å². The van der Waals surface area contributed by atoms with Crippen LogP contribution in [0.3, 0.4) is 0 Å². The number of guanidine groups is 1. The maximum atomic E-state index is 15.1. The van der Waals surface area contributed by atoms with Crippen molar-refractivity contribution in [3.8, 4) is 0 Å². The second kappa shape index (κ2) is 10.4. The largest absolute Gasteiger partial charge is 0.408 e. The third-order valence-electron chi connectivity index (χ3n) is 5.70. The highest BCUT2D eigenvalue weighted by atomic mass is 19.1. The number of aromatic nitrogens is 1. The lowest BCUT2D eigenvalue weighted by Crippen LogP contribution is -2.43. The molecule has 11 heteroatoms. The lowest BCUT2D eigenvalue weighted by atomic mass is 10.1. The number of piperidine rings is 1. The molecule has 1 amide bonds. The van der Waals surface area contributed by atoms with Crippen molar-refractivity contribution in [1.82, 2.24) is 14.4 Å². The number of halogens is 2. The number of nitrogens with two attached hydrogens (primary N) is 1. The molecule has 0 saturated carbocycles. The third-order valence-corrected chi connectivity index (χ3v) is 5.70. The molecule has 0 radical (unpaired) electrons. The summed E-state index contributed by atoms with van der Waals surface area (Å²) < 4.78 is 31.5. The first kappa shape index (κ1) is 24.7. The number of likely N-dealkylation sites (tertiary alicyclic amines) is 1. The van der Waals surface area contributed by atoms with E-state index in [9.17, 15) is 9.18 Å². The van der Waals surface area contributed by atoms with Gasteiger partial charge in [0.15, 0.2) is 5.82 Å². The Hall–Kier alpha value is -3.89. The van der Waals surface area contributed by atoms with Crippen molar-refractivity contribution in [3.05, 3.63) is 53.7 Å². The van der Waals surface area contributed by atoms with E-state index in [1.54, 1.807) is 36.7 Å². The quantitative estimate of drug-likeness (QED) is 0.257. The van der Waals surface area contributed by atoms with Gasteiger partial charge in [-0.2, -0.15) is 0 Å². The van der Waals surface area contributed by atoms with Crippen LogP contribution in [0.5, 0.6) is 0 Å². The van der Waals surface area contributed by atoms with Gasteiger partial charge in [0, 0.05) is 56.9 Å². The van der Waals surface area contributed by atoms with E-state index < -0.39 is 11.6 Å². The fourth-order valence-electron chi connectivity index (χ4n) is 3.96. The number of hydrogen-bond donors (Lipinski definition) is 3. The Morgan fingerprint density at radius 3 is 2.53 bits per heavy atom. The van der Waals surface area contributed by atoms with Crippen molar-refractivity contribution < 1.29 is 18.8 Å². The molecular weight excluding hydrogens is 444 g/mol. The van der Waals surface area contributed by atoms with Crippen LogP contribution >= 0.6 is 0 Å². The highest BCUT2D eigenvalue weighted by Crippen LogP contribution is 2.36. The minimum atomic E-state index is -0.662. The molecule has 1 aromatic carbocycles. The molecule has 0 aliphatic carbocycles. The molecule has 0 bridgehead atoms. The van der Waals surface area contributed by atoms with Crippen LogP contribution in [0.4, 0.5) is 20.3 Å². The molecule has 182 valence electrons. The molecule has 3 rings (SSSR count). The Labute approximate surface area is 196 Å². The Balaban J connectivity index is 1.85. The number of nitrogens with one attached hydrogen (secondary N) is 1. The van der Waals surface area contributed by atoms with Crippen LogP contribution in [0.25, 0.3) is 5.70 Å². The summed E-state index contributed by atoms with van der Waals surface area (Å²) in [5.41, 5.74) is 6.19. The summed E-state index contributed by atoms with van der Waals surface area (Å²) in [4.78, 5) is 19.5. The summed E-state index contributed by atoms with van der Waals surface area (Å²) in [5, 5.41) is 14.7. The van der Waals surface area contributed by atoms with Crippen molar-refractivity contribution in [2.75, 3.05) is 32.5 Å². The second-order valence-electron chi connectivity index (χ2n) is 8.14. The average Bonchev–Trinajstić information content (AvgIpc) is 3.15. The van der Waals surface area contributed by atoms with Crippen molar-refractivity contribution in [2.24, 2.45) is 15.9 Å². The summed E-state index contributed by atoms with van der Waals surface area (Å²) in [6.45, 7) is 6.70. The first-order valence-electron chi connectivity index (χ1n) is 10.8. The lowest BCUT2D eigenvalue weighted by Gasteiger charge is -2.33. The number of nitrogens with zero attached hydrogens (tertiary/aromatic N) is 5. The first-order chi connectivity index (χ1) is 16.2. The number of oxime groups is 1. The van der Waals surface area contributed by atoms with Gasteiger partial charge >= 0.3 is 0 Å². The maximum absolute atomic E-state index is 15.1. The fraction of sp³-hybridized carbons (Fsp3) is 0.348. The standard InChI is InChI=1S/C23H29F2N7O2/c1-5-27-21-20(14(2)28-19-7-6-15(12-17(19)24)22(33)30(3)4)18(25)13-32(21)16-8-10-31(11-9-16)23(26)29-34/h5-7,12-13,16,28,34H,2,8-11H2,1,3-4H3,(H2,26,29)/b27-5-. The van der Waals surface area contributed by atoms with E-state index >= 15 is 4.39 Å². The van der Waals surface area contributed by atoms with Gasteiger partial charge in [-0.1, -0.05) is 11.7 Å². The van der Waals surface area contributed by atoms with Gasteiger partial charge in [-0.25, -0.2) is 13.8 Å². The van der Waals surface area contributed by atoms with Crippen molar-refractivity contribution in [2.45, 2.75) is 25.8 Å². The van der Waals surface area contributed by atoms with Gasteiger partial charge in [-0.05, 0) is 38.0 Å². The van der Waals surface area contributed by atoms with E-state index in [1.807, 2.05) is 0 Å². The molecule has 1 saturated heterocycles. The molecular formula is C23H29F2N7O2. The van der Waals surface area contributed by atoms with Gasteiger partial charge in [0.2, 0.25) is 5.96 Å². The van der Waals surface area contributed by atoms with Crippen molar-refractivity contribution in [1.29, 1.82) is 0 Å². The summed E-state index contributed by atoms with van der Waals surface area (Å²) in [6, 6.07) is 3.96. The van der Waals surface area contributed by atoms with Gasteiger partial charge in [0.05, 0.1) is 11.3 Å². The first-order valence-corrected chi connectivity index (χ1v) is 10.8. The monoisotopic (exact) mass is 473 g/mol. The zero-order chi connectivity index (χ0) is 25.0. The number of carbonyl (C=O) groups is 1. The van der Waals surface area contributed by atoms with E-state index in [0.717, 1.165) is 6.07 Å². The highest BCUT2D eigenvalue weighted by molar-refractivity contribution is 5.94. The Kier molecular flexibility index (Phi) is 7.54. The van der Waals surface area contributed by atoms with Crippen LogP contribution in [-0.2, 0) is 0 Å². The summed E-state index contributed by atoms with van der Waals surface area (Å²) in [5.74, 6) is -1.13. The SMILES string of the molecule is C=C(Nc1ccc(C(=O)N(C)C)cc1F)c1c(F)cn(C2CCN(/C(N)=N/O)CC2)c1/N=C\C. The zero-order valence-electron chi connectivity index (χ0n) is 19.4. The number of benzene rings is 1. The highest BCUT2D eigenvalue weighted by Gasteiger charge is 2.27. The van der Waals surface area contributed by atoms with Crippen LogP contribution in [0.1, 0.15) is 41.7 Å². The molecule has 0 atom stereocenters. The molecule has 1 aromatic heterocycles. The topological polar surface area (TPSA) is 111 Å². The van der Waals surface area contributed by atoms with Crippen LogP contribution < -0.4 is 11.1 Å².